The second-order valence-electron chi connectivity index (χ2n) is 9.26. The summed E-state index contributed by atoms with van der Waals surface area (Å²) in [5, 5.41) is 4.22. The number of nitrogens with zero attached hydrogens (tertiary/aromatic N) is 3. The first-order valence-corrected chi connectivity index (χ1v) is 13.2. The molecule has 0 bridgehead atoms. The van der Waals surface area contributed by atoms with Crippen molar-refractivity contribution in [2.24, 2.45) is 5.92 Å². The summed E-state index contributed by atoms with van der Waals surface area (Å²) < 4.78 is 6.76. The first kappa shape index (κ1) is 23.3. The van der Waals surface area contributed by atoms with E-state index < -0.39 is 0 Å². The predicted octanol–water partition coefficient (Wildman–Crippen LogP) is 4.68. The van der Waals surface area contributed by atoms with Crippen molar-refractivity contribution in [3.05, 3.63) is 18.2 Å². The number of ether oxygens (including phenoxy) is 1. The molecule has 0 unspecified atom stereocenters. The van der Waals surface area contributed by atoms with E-state index in [1.807, 2.05) is 19.1 Å². The van der Waals surface area contributed by atoms with Crippen LogP contribution in [0.1, 0.15) is 58.3 Å². The van der Waals surface area contributed by atoms with Crippen molar-refractivity contribution in [1.29, 1.82) is 0 Å². The lowest BCUT2D eigenvalue weighted by Gasteiger charge is -2.32. The smallest absolute Gasteiger partial charge is 0.224 e. The molecule has 1 saturated carbocycles. The molecule has 0 radical (unpaired) electrons. The molecular formula is C25H38N4O2S. The Hall–Kier alpha value is -1.86. The Bertz CT molecular complexity index is 880. The molecule has 4 rings (SSSR count). The fourth-order valence-electron chi connectivity index (χ4n) is 5.04. The average Bonchev–Trinajstić information content (AvgIpc) is 3.26. The van der Waals surface area contributed by atoms with Crippen LogP contribution >= 0.6 is 11.3 Å². The fourth-order valence-corrected chi connectivity index (χ4v) is 6.07. The van der Waals surface area contributed by atoms with E-state index in [9.17, 15) is 4.79 Å². The molecule has 1 atom stereocenters. The number of hydrogen-bond donors (Lipinski definition) is 1. The number of rotatable bonds is 9. The molecule has 1 aromatic heterocycles. The van der Waals surface area contributed by atoms with E-state index in [-0.39, 0.29) is 11.8 Å². The van der Waals surface area contributed by atoms with Crippen LogP contribution in [0.3, 0.4) is 0 Å². The molecule has 1 saturated heterocycles. The summed E-state index contributed by atoms with van der Waals surface area (Å²) in [4.78, 5) is 22.4. The number of carbonyl (C=O) groups excluding carboxylic acids is 1. The first-order valence-electron chi connectivity index (χ1n) is 12.4. The Kier molecular flexibility index (Phi) is 8.25. The normalized spacial score (nSPS) is 20.1. The van der Waals surface area contributed by atoms with Gasteiger partial charge in [0.2, 0.25) is 5.91 Å². The highest BCUT2D eigenvalue weighted by atomic mass is 32.1. The summed E-state index contributed by atoms with van der Waals surface area (Å²) in [6.07, 6.45) is 9.81. The number of piperidine rings is 1. The highest BCUT2D eigenvalue weighted by Gasteiger charge is 2.27. The van der Waals surface area contributed by atoms with Gasteiger partial charge in [0.15, 0.2) is 5.13 Å². The molecule has 2 aromatic rings. The van der Waals surface area contributed by atoms with Crippen molar-refractivity contribution in [1.82, 2.24) is 15.2 Å². The number of anilines is 1. The van der Waals surface area contributed by atoms with E-state index >= 15 is 0 Å². The second-order valence-corrected chi connectivity index (χ2v) is 10.3. The third-order valence-electron chi connectivity index (χ3n) is 6.91. The van der Waals surface area contributed by atoms with Crippen LogP contribution in [0.5, 0.6) is 5.75 Å². The van der Waals surface area contributed by atoms with Gasteiger partial charge >= 0.3 is 0 Å². The molecule has 2 aliphatic rings. The molecule has 176 valence electrons. The largest absolute Gasteiger partial charge is 0.494 e. The second kappa shape index (κ2) is 11.3. The van der Waals surface area contributed by atoms with Crippen LogP contribution in [-0.4, -0.2) is 61.7 Å². The van der Waals surface area contributed by atoms with Gasteiger partial charge < -0.3 is 19.9 Å². The Labute approximate surface area is 196 Å². The van der Waals surface area contributed by atoms with Crippen LogP contribution in [0.25, 0.3) is 10.2 Å². The molecule has 1 amide bonds. The van der Waals surface area contributed by atoms with E-state index in [0.717, 1.165) is 72.6 Å². The molecule has 0 spiro atoms. The standard InChI is InChI=1S/C25H38N4O2S/c1-3-31-21-12-13-22-23(17-21)32-25(27-22)29-16-7-9-19(18-29)24(30)26-14-8-15-28(2)20-10-5-4-6-11-20/h12-13,17,19-20H,3-11,14-16,18H2,1-2H3,(H,26,30)/t19-/m0/s1. The first-order chi connectivity index (χ1) is 15.6. The van der Waals surface area contributed by atoms with Gasteiger partial charge in [0.25, 0.3) is 0 Å². The number of benzene rings is 1. The van der Waals surface area contributed by atoms with Crippen LogP contribution in [0.15, 0.2) is 18.2 Å². The Morgan fingerprint density at radius 2 is 2.09 bits per heavy atom. The molecule has 32 heavy (non-hydrogen) atoms. The van der Waals surface area contributed by atoms with Gasteiger partial charge in [0.1, 0.15) is 5.75 Å². The molecule has 1 aliphatic heterocycles. The van der Waals surface area contributed by atoms with Crippen molar-refractivity contribution in [3.8, 4) is 5.75 Å². The average molecular weight is 459 g/mol. The summed E-state index contributed by atoms with van der Waals surface area (Å²) in [5.41, 5.74) is 1.00. The lowest BCUT2D eigenvalue weighted by molar-refractivity contribution is -0.125. The summed E-state index contributed by atoms with van der Waals surface area (Å²) in [6.45, 7) is 6.22. The molecule has 2 heterocycles. The zero-order valence-electron chi connectivity index (χ0n) is 19.6. The Morgan fingerprint density at radius 1 is 1.25 bits per heavy atom. The van der Waals surface area contributed by atoms with Gasteiger partial charge in [-0.1, -0.05) is 30.6 Å². The van der Waals surface area contributed by atoms with Crippen LogP contribution < -0.4 is 15.0 Å². The number of thiazole rings is 1. The number of hydrogen-bond acceptors (Lipinski definition) is 6. The van der Waals surface area contributed by atoms with Crippen molar-refractivity contribution in [2.45, 2.75) is 64.3 Å². The molecule has 1 N–H and O–H groups in total. The van der Waals surface area contributed by atoms with E-state index in [1.165, 1.54) is 32.1 Å². The fraction of sp³-hybridized carbons (Fsp3) is 0.680. The van der Waals surface area contributed by atoms with Gasteiger partial charge in [-0.25, -0.2) is 4.98 Å². The summed E-state index contributed by atoms with van der Waals surface area (Å²) in [7, 11) is 2.24. The van der Waals surface area contributed by atoms with Crippen LogP contribution in [0, 0.1) is 5.92 Å². The third kappa shape index (κ3) is 5.93. The number of nitrogens with one attached hydrogen (secondary N) is 1. The minimum absolute atomic E-state index is 0.0471. The number of amides is 1. The van der Waals surface area contributed by atoms with Crippen molar-refractivity contribution < 1.29 is 9.53 Å². The monoisotopic (exact) mass is 458 g/mol. The van der Waals surface area contributed by atoms with Gasteiger partial charge in [0.05, 0.1) is 22.7 Å². The van der Waals surface area contributed by atoms with Gasteiger partial charge in [-0.3, -0.25) is 4.79 Å². The lowest BCUT2D eigenvalue weighted by atomic mass is 9.94. The highest BCUT2D eigenvalue weighted by molar-refractivity contribution is 7.22. The number of fused-ring (bicyclic) bond motifs is 1. The van der Waals surface area contributed by atoms with E-state index in [0.29, 0.717) is 6.61 Å². The lowest BCUT2D eigenvalue weighted by Crippen LogP contribution is -2.43. The molecule has 7 heteroatoms. The minimum atomic E-state index is 0.0471. The zero-order chi connectivity index (χ0) is 22.3. The molecule has 1 aromatic carbocycles. The van der Waals surface area contributed by atoms with Gasteiger partial charge in [0, 0.05) is 25.7 Å². The third-order valence-corrected chi connectivity index (χ3v) is 7.99. The topological polar surface area (TPSA) is 57.7 Å². The van der Waals surface area contributed by atoms with Crippen molar-refractivity contribution in [3.63, 3.8) is 0 Å². The number of aromatic nitrogens is 1. The number of carbonyl (C=O) groups is 1. The maximum Gasteiger partial charge on any atom is 0.224 e. The van der Waals surface area contributed by atoms with Crippen LogP contribution in [0.2, 0.25) is 0 Å². The van der Waals surface area contributed by atoms with E-state index in [1.54, 1.807) is 11.3 Å². The summed E-state index contributed by atoms with van der Waals surface area (Å²) in [5.74, 6) is 1.14. The predicted molar refractivity (Wildman–Crippen MR) is 133 cm³/mol. The van der Waals surface area contributed by atoms with Gasteiger partial charge in [-0.2, -0.15) is 0 Å². The van der Waals surface area contributed by atoms with E-state index in [2.05, 4.69) is 28.2 Å². The maximum absolute atomic E-state index is 12.8. The molecular weight excluding hydrogens is 420 g/mol. The highest BCUT2D eigenvalue weighted by Crippen LogP contribution is 2.33. The SMILES string of the molecule is CCOc1ccc2nc(N3CCC[C@H](C(=O)NCCCN(C)C4CCCCC4)C3)sc2c1. The molecule has 6 nitrogen and oxygen atoms in total. The minimum Gasteiger partial charge on any atom is -0.494 e. The van der Waals surface area contributed by atoms with Gasteiger partial charge in [-0.15, -0.1) is 0 Å². The van der Waals surface area contributed by atoms with Crippen LogP contribution in [-0.2, 0) is 4.79 Å². The molecule has 1 aliphatic carbocycles. The van der Waals surface area contributed by atoms with Crippen molar-refractivity contribution >= 4 is 32.6 Å². The molecule has 2 fully saturated rings. The maximum atomic E-state index is 12.8. The summed E-state index contributed by atoms with van der Waals surface area (Å²) >= 11 is 1.69. The van der Waals surface area contributed by atoms with Crippen LogP contribution in [0.4, 0.5) is 5.13 Å². The quantitative estimate of drug-likeness (QED) is 0.553. The Morgan fingerprint density at radius 3 is 2.91 bits per heavy atom. The van der Waals surface area contributed by atoms with Crippen molar-refractivity contribution in [2.75, 3.05) is 44.7 Å². The van der Waals surface area contributed by atoms with Gasteiger partial charge in [-0.05, 0) is 70.8 Å². The summed E-state index contributed by atoms with van der Waals surface area (Å²) in [6, 6.07) is 6.81. The van der Waals surface area contributed by atoms with E-state index in [4.69, 9.17) is 9.72 Å². The zero-order valence-corrected chi connectivity index (χ0v) is 20.5. The Balaban J connectivity index is 1.25.